The minimum atomic E-state index is -1.06. The van der Waals surface area contributed by atoms with Gasteiger partial charge in [0.25, 0.3) is 11.8 Å². The fourth-order valence-corrected chi connectivity index (χ4v) is 5.37. The molecule has 1 aliphatic heterocycles. The van der Waals surface area contributed by atoms with E-state index in [4.69, 9.17) is 23.2 Å². The fraction of sp³-hybridized carbons (Fsp3) is 0.364. The van der Waals surface area contributed by atoms with E-state index in [9.17, 15) is 19.4 Å². The van der Waals surface area contributed by atoms with E-state index in [0.717, 1.165) is 12.8 Å². The molecule has 0 aromatic heterocycles. The summed E-state index contributed by atoms with van der Waals surface area (Å²) in [7, 11) is 0. The van der Waals surface area contributed by atoms with Crippen molar-refractivity contribution in [2.45, 2.75) is 49.7 Å². The number of carbonyl (C=O) groups excluding carboxylic acids is 2. The molecule has 2 aliphatic rings. The number of rotatable bonds is 4. The van der Waals surface area contributed by atoms with Crippen molar-refractivity contribution in [3.8, 4) is 0 Å². The Balaban J connectivity index is 1.97. The summed E-state index contributed by atoms with van der Waals surface area (Å²) in [6.07, 6.45) is 2.75. The Hall–Kier alpha value is -2.64. The Kier molecular flexibility index (Phi) is 6.16. The molecule has 1 fully saturated rings. The van der Waals surface area contributed by atoms with Crippen LogP contribution in [0, 0.1) is 9.81 Å². The zero-order valence-electron chi connectivity index (χ0n) is 16.4. The second-order valence-electron chi connectivity index (χ2n) is 7.84. The van der Waals surface area contributed by atoms with Crippen LogP contribution in [0.2, 0.25) is 10.0 Å². The number of hydrogen-bond acceptors (Lipinski definition) is 5. The molecule has 160 valence electrons. The third-order valence-electron chi connectivity index (χ3n) is 6.20. The van der Waals surface area contributed by atoms with Gasteiger partial charge in [-0.05, 0) is 42.2 Å². The standard InChI is InChI=1S/C22H19Cl2N3O4/c23-12-9-10-15(16(24)11-12)20-19(21(28)26-31)13-5-1-2-6-14(13)22(29)27(20)18-8-4-3-7-17(18)25-30/h1-2,5-6,9-11,17-20H,3-4,7-8H2/t17-,18-,19?,20?/m1/s1. The highest BCUT2D eigenvalue weighted by Crippen LogP contribution is 2.48. The van der Waals surface area contributed by atoms with Crippen molar-refractivity contribution in [1.82, 2.24) is 4.90 Å². The molecule has 1 saturated carbocycles. The molecule has 2 aromatic carbocycles. The van der Waals surface area contributed by atoms with Crippen LogP contribution in [0.3, 0.4) is 0 Å². The third kappa shape index (κ3) is 3.77. The van der Waals surface area contributed by atoms with Crippen molar-refractivity contribution < 1.29 is 9.59 Å². The smallest absolute Gasteiger partial charge is 0.296 e. The van der Waals surface area contributed by atoms with E-state index in [0.29, 0.717) is 34.6 Å². The third-order valence-corrected chi connectivity index (χ3v) is 6.76. The van der Waals surface area contributed by atoms with E-state index >= 15 is 0 Å². The molecular formula is C22H19Cl2N3O4. The summed E-state index contributed by atoms with van der Waals surface area (Å²) >= 11 is 12.6. The zero-order valence-corrected chi connectivity index (χ0v) is 17.9. The number of nitroso groups, excluding NO2 is 2. The van der Waals surface area contributed by atoms with Crippen LogP contribution < -0.4 is 0 Å². The average molecular weight is 460 g/mol. The normalized spacial score (nSPS) is 25.6. The van der Waals surface area contributed by atoms with Crippen molar-refractivity contribution in [1.29, 1.82) is 0 Å². The fourth-order valence-electron chi connectivity index (χ4n) is 4.85. The molecule has 1 heterocycles. The predicted octanol–water partition coefficient (Wildman–Crippen LogP) is 5.64. The summed E-state index contributed by atoms with van der Waals surface area (Å²) in [4.78, 5) is 51.0. The van der Waals surface area contributed by atoms with Crippen LogP contribution in [0.1, 0.15) is 59.1 Å². The second-order valence-corrected chi connectivity index (χ2v) is 8.69. The molecule has 2 unspecified atom stereocenters. The largest absolute Gasteiger partial charge is 0.325 e. The van der Waals surface area contributed by atoms with E-state index in [1.54, 1.807) is 36.4 Å². The van der Waals surface area contributed by atoms with Crippen LogP contribution in [0.15, 0.2) is 52.8 Å². The first-order valence-corrected chi connectivity index (χ1v) is 10.8. The monoisotopic (exact) mass is 459 g/mol. The maximum Gasteiger partial charge on any atom is 0.296 e. The minimum Gasteiger partial charge on any atom is -0.325 e. The topological polar surface area (TPSA) is 96.2 Å². The van der Waals surface area contributed by atoms with Gasteiger partial charge in [-0.3, -0.25) is 9.59 Å². The highest BCUT2D eigenvalue weighted by atomic mass is 35.5. The summed E-state index contributed by atoms with van der Waals surface area (Å²) in [6, 6.07) is 9.37. The first kappa shape index (κ1) is 21.6. The lowest BCUT2D eigenvalue weighted by atomic mass is 9.76. The first-order valence-electron chi connectivity index (χ1n) is 10.0. The quantitative estimate of drug-likeness (QED) is 0.552. The van der Waals surface area contributed by atoms with Gasteiger partial charge in [-0.25, -0.2) is 0 Å². The van der Waals surface area contributed by atoms with E-state index < -0.39 is 30.0 Å². The summed E-state index contributed by atoms with van der Waals surface area (Å²) in [5, 5.41) is 6.63. The molecule has 0 radical (unpaired) electrons. The van der Waals surface area contributed by atoms with Crippen LogP contribution in [0.5, 0.6) is 0 Å². The zero-order chi connectivity index (χ0) is 22.1. The van der Waals surface area contributed by atoms with Gasteiger partial charge in [0.1, 0.15) is 6.04 Å². The van der Waals surface area contributed by atoms with Crippen LogP contribution in [0.25, 0.3) is 0 Å². The molecule has 4 rings (SSSR count). The van der Waals surface area contributed by atoms with Gasteiger partial charge >= 0.3 is 0 Å². The van der Waals surface area contributed by atoms with Crippen LogP contribution in [0.4, 0.5) is 0 Å². The molecular weight excluding hydrogens is 441 g/mol. The minimum absolute atomic E-state index is 0.254. The molecule has 0 spiro atoms. The molecule has 31 heavy (non-hydrogen) atoms. The molecule has 0 N–H and O–H groups in total. The SMILES string of the molecule is O=NC(=O)C1c2ccccc2C(=O)N([C@@H]2CCCC[C@H]2N=O)C1c1ccc(Cl)cc1Cl. The van der Waals surface area contributed by atoms with Gasteiger partial charge in [0.15, 0.2) is 0 Å². The number of carbonyl (C=O) groups is 2. The molecule has 0 saturated heterocycles. The van der Waals surface area contributed by atoms with Crippen molar-refractivity contribution >= 4 is 35.0 Å². The maximum atomic E-state index is 13.7. The Labute approximate surface area is 188 Å². The lowest BCUT2D eigenvalue weighted by Gasteiger charge is -2.47. The van der Waals surface area contributed by atoms with Gasteiger partial charge < -0.3 is 4.90 Å². The van der Waals surface area contributed by atoms with Gasteiger partial charge in [0.05, 0.1) is 18.0 Å². The highest BCUT2D eigenvalue weighted by molar-refractivity contribution is 6.35. The number of amides is 2. The first-order chi connectivity index (χ1) is 15.0. The number of fused-ring (bicyclic) bond motifs is 1. The molecule has 1 aliphatic carbocycles. The lowest BCUT2D eigenvalue weighted by molar-refractivity contribution is -0.121. The van der Waals surface area contributed by atoms with Gasteiger partial charge in [-0.15, -0.1) is 4.91 Å². The summed E-state index contributed by atoms with van der Waals surface area (Å²) in [6.45, 7) is 0. The van der Waals surface area contributed by atoms with Gasteiger partial charge in [-0.1, -0.05) is 65.5 Å². The predicted molar refractivity (Wildman–Crippen MR) is 117 cm³/mol. The Morgan fingerprint density at radius 3 is 2.45 bits per heavy atom. The lowest BCUT2D eigenvalue weighted by Crippen LogP contribution is -2.54. The number of nitrogens with zero attached hydrogens (tertiary/aromatic N) is 3. The molecule has 4 atom stereocenters. The average Bonchev–Trinajstić information content (AvgIpc) is 2.79. The van der Waals surface area contributed by atoms with Crippen molar-refractivity contribution in [2.24, 2.45) is 10.4 Å². The van der Waals surface area contributed by atoms with Crippen LogP contribution in [-0.2, 0) is 4.79 Å². The van der Waals surface area contributed by atoms with Crippen LogP contribution >= 0.6 is 23.2 Å². The number of halogens is 2. The second kappa shape index (κ2) is 8.85. The number of benzene rings is 2. The van der Waals surface area contributed by atoms with Crippen molar-refractivity contribution in [3.63, 3.8) is 0 Å². The van der Waals surface area contributed by atoms with E-state index in [2.05, 4.69) is 10.4 Å². The summed E-state index contributed by atoms with van der Waals surface area (Å²) in [5.74, 6) is -2.30. The summed E-state index contributed by atoms with van der Waals surface area (Å²) in [5.41, 5.74) is 1.18. The van der Waals surface area contributed by atoms with Gasteiger partial charge in [-0.2, -0.15) is 4.91 Å². The molecule has 2 amide bonds. The van der Waals surface area contributed by atoms with E-state index in [1.165, 1.54) is 11.0 Å². The highest BCUT2D eigenvalue weighted by Gasteiger charge is 2.49. The van der Waals surface area contributed by atoms with E-state index in [1.807, 2.05) is 0 Å². The molecule has 7 nitrogen and oxygen atoms in total. The maximum absolute atomic E-state index is 13.7. The summed E-state index contributed by atoms with van der Waals surface area (Å²) < 4.78 is 0. The van der Waals surface area contributed by atoms with Gasteiger partial charge in [0.2, 0.25) is 0 Å². The Morgan fingerprint density at radius 2 is 1.74 bits per heavy atom. The molecule has 2 aromatic rings. The van der Waals surface area contributed by atoms with E-state index in [-0.39, 0.29) is 10.9 Å². The van der Waals surface area contributed by atoms with Crippen LogP contribution in [-0.4, -0.2) is 28.8 Å². The van der Waals surface area contributed by atoms with Gasteiger partial charge in [0, 0.05) is 20.8 Å². The molecule has 9 heteroatoms. The Morgan fingerprint density at radius 1 is 1.00 bits per heavy atom. The van der Waals surface area contributed by atoms with Crippen molar-refractivity contribution in [3.05, 3.63) is 79.0 Å². The number of hydrogen-bond donors (Lipinski definition) is 0. The Bertz CT molecular complexity index is 1060. The van der Waals surface area contributed by atoms with Crippen molar-refractivity contribution in [2.75, 3.05) is 0 Å². The molecule has 0 bridgehead atoms.